The second-order valence-corrected chi connectivity index (χ2v) is 6.57. The van der Waals surface area contributed by atoms with Crippen molar-refractivity contribution in [3.63, 3.8) is 0 Å². The van der Waals surface area contributed by atoms with Crippen molar-refractivity contribution >= 4 is 15.9 Å². The van der Waals surface area contributed by atoms with Gasteiger partial charge in [-0.05, 0) is 61.5 Å². The molecule has 3 heteroatoms. The summed E-state index contributed by atoms with van der Waals surface area (Å²) in [4.78, 5) is 0. The van der Waals surface area contributed by atoms with Crippen molar-refractivity contribution in [1.29, 1.82) is 0 Å². The number of halogens is 1. The molecular weight excluding hydrogens is 302 g/mol. The Bertz CT molecular complexity index is 379. The molecule has 0 spiro atoms. The van der Waals surface area contributed by atoms with Crippen LogP contribution in [0.5, 0.6) is 5.75 Å². The van der Waals surface area contributed by atoms with Gasteiger partial charge in [-0.2, -0.15) is 0 Å². The molecule has 0 aromatic heterocycles. The van der Waals surface area contributed by atoms with Gasteiger partial charge in [0.1, 0.15) is 5.75 Å². The topological polar surface area (TPSA) is 21.3 Å². The highest BCUT2D eigenvalue weighted by Crippen LogP contribution is 2.25. The van der Waals surface area contributed by atoms with Gasteiger partial charge in [0.15, 0.2) is 0 Å². The predicted octanol–water partition coefficient (Wildman–Crippen LogP) is 4.27. The average molecular weight is 328 g/mol. The first-order chi connectivity index (χ1) is 9.02. The predicted molar refractivity (Wildman–Crippen MR) is 85.9 cm³/mol. The standard InChI is InChI=1S/C16H26BrNO/c1-12(2)10-18-11-13(3)5-6-14-9-15(17)7-8-16(14)19-4/h7-9,12-13,18H,5-6,10-11H2,1-4H3. The first-order valence-electron chi connectivity index (χ1n) is 7.06. The van der Waals surface area contributed by atoms with Crippen molar-refractivity contribution in [2.24, 2.45) is 11.8 Å². The molecule has 0 saturated carbocycles. The van der Waals surface area contributed by atoms with Gasteiger partial charge in [-0.1, -0.05) is 36.7 Å². The molecule has 0 aliphatic heterocycles. The van der Waals surface area contributed by atoms with Crippen LogP contribution in [-0.2, 0) is 6.42 Å². The fourth-order valence-electron chi connectivity index (χ4n) is 2.06. The van der Waals surface area contributed by atoms with Crippen LogP contribution in [0.2, 0.25) is 0 Å². The molecule has 0 fully saturated rings. The largest absolute Gasteiger partial charge is 0.496 e. The van der Waals surface area contributed by atoms with E-state index in [1.54, 1.807) is 7.11 Å². The van der Waals surface area contributed by atoms with E-state index in [0.29, 0.717) is 5.92 Å². The molecule has 0 heterocycles. The van der Waals surface area contributed by atoms with Gasteiger partial charge in [-0.3, -0.25) is 0 Å². The van der Waals surface area contributed by atoms with E-state index in [1.165, 1.54) is 12.0 Å². The Hall–Kier alpha value is -0.540. The monoisotopic (exact) mass is 327 g/mol. The van der Waals surface area contributed by atoms with Crippen LogP contribution < -0.4 is 10.1 Å². The summed E-state index contributed by atoms with van der Waals surface area (Å²) in [6.07, 6.45) is 2.24. The van der Waals surface area contributed by atoms with Gasteiger partial charge in [-0.15, -0.1) is 0 Å². The third kappa shape index (κ3) is 6.44. The first kappa shape index (κ1) is 16.5. The second kappa shape index (κ2) is 8.60. The number of hydrogen-bond acceptors (Lipinski definition) is 2. The number of rotatable bonds is 8. The molecular formula is C16H26BrNO. The average Bonchev–Trinajstić information content (AvgIpc) is 2.36. The van der Waals surface area contributed by atoms with Crippen LogP contribution in [0.3, 0.4) is 0 Å². The van der Waals surface area contributed by atoms with Crippen molar-refractivity contribution in [2.75, 3.05) is 20.2 Å². The molecule has 1 atom stereocenters. The minimum atomic E-state index is 0.683. The lowest BCUT2D eigenvalue weighted by atomic mass is 10.0. The van der Waals surface area contributed by atoms with Crippen LogP contribution in [-0.4, -0.2) is 20.2 Å². The molecule has 0 saturated heterocycles. The van der Waals surface area contributed by atoms with Crippen LogP contribution in [0.25, 0.3) is 0 Å². The minimum Gasteiger partial charge on any atom is -0.496 e. The molecule has 1 N–H and O–H groups in total. The summed E-state index contributed by atoms with van der Waals surface area (Å²) in [7, 11) is 1.74. The van der Waals surface area contributed by atoms with Gasteiger partial charge in [0.25, 0.3) is 0 Å². The lowest BCUT2D eigenvalue weighted by molar-refractivity contribution is 0.404. The molecule has 1 aromatic carbocycles. The summed E-state index contributed by atoms with van der Waals surface area (Å²) in [5.41, 5.74) is 1.28. The number of benzene rings is 1. The molecule has 108 valence electrons. The summed E-state index contributed by atoms with van der Waals surface area (Å²) in [5, 5.41) is 3.52. The zero-order chi connectivity index (χ0) is 14.3. The van der Waals surface area contributed by atoms with Crippen molar-refractivity contribution in [3.05, 3.63) is 28.2 Å². The van der Waals surface area contributed by atoms with Gasteiger partial charge in [0.2, 0.25) is 0 Å². The number of ether oxygens (including phenoxy) is 1. The Kier molecular flexibility index (Phi) is 7.47. The lowest BCUT2D eigenvalue weighted by Gasteiger charge is -2.15. The normalized spacial score (nSPS) is 12.7. The summed E-state index contributed by atoms with van der Waals surface area (Å²) in [6.45, 7) is 8.98. The van der Waals surface area contributed by atoms with Gasteiger partial charge in [0, 0.05) is 4.47 Å². The van der Waals surface area contributed by atoms with Crippen molar-refractivity contribution in [2.45, 2.75) is 33.6 Å². The van der Waals surface area contributed by atoms with Gasteiger partial charge >= 0.3 is 0 Å². The molecule has 1 rings (SSSR count). The summed E-state index contributed by atoms with van der Waals surface area (Å²) in [5.74, 6) is 2.39. The van der Waals surface area contributed by atoms with Crippen molar-refractivity contribution < 1.29 is 4.74 Å². The molecule has 2 nitrogen and oxygen atoms in total. The van der Waals surface area contributed by atoms with E-state index in [4.69, 9.17) is 4.74 Å². The molecule has 0 aliphatic rings. The number of aryl methyl sites for hydroxylation is 1. The molecule has 19 heavy (non-hydrogen) atoms. The fraction of sp³-hybridized carbons (Fsp3) is 0.625. The van der Waals surface area contributed by atoms with Gasteiger partial charge in [0.05, 0.1) is 7.11 Å². The maximum Gasteiger partial charge on any atom is 0.122 e. The van der Waals surface area contributed by atoms with Crippen molar-refractivity contribution in [1.82, 2.24) is 5.32 Å². The van der Waals surface area contributed by atoms with E-state index >= 15 is 0 Å². The Labute approximate surface area is 126 Å². The highest BCUT2D eigenvalue weighted by Gasteiger charge is 2.07. The third-order valence-electron chi connectivity index (χ3n) is 3.19. The maximum atomic E-state index is 5.41. The summed E-state index contributed by atoms with van der Waals surface area (Å²) in [6, 6.07) is 6.21. The Morgan fingerprint density at radius 2 is 1.95 bits per heavy atom. The minimum absolute atomic E-state index is 0.683. The molecule has 0 amide bonds. The van der Waals surface area contributed by atoms with E-state index < -0.39 is 0 Å². The Morgan fingerprint density at radius 1 is 1.21 bits per heavy atom. The van der Waals surface area contributed by atoms with E-state index in [9.17, 15) is 0 Å². The Morgan fingerprint density at radius 3 is 2.58 bits per heavy atom. The lowest BCUT2D eigenvalue weighted by Crippen LogP contribution is -2.25. The SMILES string of the molecule is COc1ccc(Br)cc1CCC(C)CNCC(C)C. The van der Waals surface area contributed by atoms with Crippen LogP contribution in [0, 0.1) is 11.8 Å². The number of methoxy groups -OCH3 is 1. The van der Waals surface area contributed by atoms with Crippen LogP contribution in [0.15, 0.2) is 22.7 Å². The summed E-state index contributed by atoms with van der Waals surface area (Å²) >= 11 is 3.52. The van der Waals surface area contributed by atoms with Crippen molar-refractivity contribution in [3.8, 4) is 5.75 Å². The highest BCUT2D eigenvalue weighted by atomic mass is 79.9. The molecule has 1 aromatic rings. The maximum absolute atomic E-state index is 5.41. The van der Waals surface area contributed by atoms with E-state index in [1.807, 2.05) is 12.1 Å². The van der Waals surface area contributed by atoms with E-state index in [-0.39, 0.29) is 0 Å². The van der Waals surface area contributed by atoms with Crippen LogP contribution in [0.4, 0.5) is 0 Å². The van der Waals surface area contributed by atoms with E-state index in [0.717, 1.165) is 35.7 Å². The summed E-state index contributed by atoms with van der Waals surface area (Å²) < 4.78 is 6.53. The smallest absolute Gasteiger partial charge is 0.122 e. The molecule has 0 radical (unpaired) electrons. The molecule has 0 aliphatic carbocycles. The quantitative estimate of drug-likeness (QED) is 0.769. The fourth-order valence-corrected chi connectivity index (χ4v) is 2.47. The number of nitrogens with one attached hydrogen (secondary N) is 1. The third-order valence-corrected chi connectivity index (χ3v) is 3.69. The second-order valence-electron chi connectivity index (χ2n) is 5.65. The van der Waals surface area contributed by atoms with E-state index in [2.05, 4.69) is 48.1 Å². The Balaban J connectivity index is 2.41. The first-order valence-corrected chi connectivity index (χ1v) is 7.85. The van der Waals surface area contributed by atoms with Gasteiger partial charge < -0.3 is 10.1 Å². The number of hydrogen-bond donors (Lipinski definition) is 1. The van der Waals surface area contributed by atoms with Crippen LogP contribution in [0.1, 0.15) is 32.8 Å². The highest BCUT2D eigenvalue weighted by molar-refractivity contribution is 9.10. The van der Waals surface area contributed by atoms with Gasteiger partial charge in [-0.25, -0.2) is 0 Å². The van der Waals surface area contributed by atoms with Crippen LogP contribution >= 0.6 is 15.9 Å². The zero-order valence-electron chi connectivity index (χ0n) is 12.5. The molecule has 1 unspecified atom stereocenters. The molecule has 0 bridgehead atoms. The zero-order valence-corrected chi connectivity index (χ0v) is 14.1.